The standard InChI is InChI=1S/C8H11N2O/c1-10-5-7(9-6-10)8-3-2-4-11-8/h5,8H,2-4H2,1H3. The predicted octanol–water partition coefficient (Wildman–Crippen LogP) is 1.07. The Morgan fingerprint density at radius 2 is 2.73 bits per heavy atom. The lowest BCUT2D eigenvalue weighted by Gasteiger charge is -2.03. The summed E-state index contributed by atoms with van der Waals surface area (Å²) >= 11 is 0. The van der Waals surface area contributed by atoms with Gasteiger partial charge in [0.05, 0.1) is 5.69 Å². The minimum atomic E-state index is 0.229. The number of imidazole rings is 1. The summed E-state index contributed by atoms with van der Waals surface area (Å²) < 4.78 is 7.29. The van der Waals surface area contributed by atoms with Gasteiger partial charge in [-0.1, -0.05) is 0 Å². The lowest BCUT2D eigenvalue weighted by molar-refractivity contribution is 0.109. The zero-order chi connectivity index (χ0) is 7.68. The number of hydrogen-bond donors (Lipinski definition) is 0. The van der Waals surface area contributed by atoms with Gasteiger partial charge in [0.1, 0.15) is 6.10 Å². The summed E-state index contributed by atoms with van der Waals surface area (Å²) in [5.74, 6) is 0. The Bertz CT molecular complexity index is 238. The quantitative estimate of drug-likeness (QED) is 0.600. The number of aryl methyl sites for hydroxylation is 1. The summed E-state index contributed by atoms with van der Waals surface area (Å²) in [5, 5.41) is 0. The molecule has 1 fully saturated rings. The molecule has 1 saturated heterocycles. The smallest absolute Gasteiger partial charge is 0.176 e. The maximum atomic E-state index is 5.46. The van der Waals surface area contributed by atoms with Crippen LogP contribution in [0.4, 0.5) is 0 Å². The zero-order valence-electron chi connectivity index (χ0n) is 6.58. The minimum absolute atomic E-state index is 0.229. The van der Waals surface area contributed by atoms with Crippen molar-refractivity contribution in [1.82, 2.24) is 9.55 Å². The van der Waals surface area contributed by atoms with Gasteiger partial charge in [0.25, 0.3) is 0 Å². The van der Waals surface area contributed by atoms with Crippen LogP contribution < -0.4 is 0 Å². The van der Waals surface area contributed by atoms with E-state index in [9.17, 15) is 0 Å². The number of rotatable bonds is 1. The molecule has 1 aromatic rings. The van der Waals surface area contributed by atoms with Gasteiger partial charge in [-0.3, -0.25) is 0 Å². The van der Waals surface area contributed by atoms with Crippen LogP contribution in [0.25, 0.3) is 0 Å². The van der Waals surface area contributed by atoms with E-state index in [1.54, 1.807) is 0 Å². The van der Waals surface area contributed by atoms with Crippen LogP contribution in [-0.2, 0) is 11.8 Å². The van der Waals surface area contributed by atoms with Crippen molar-refractivity contribution in [3.05, 3.63) is 18.2 Å². The van der Waals surface area contributed by atoms with Crippen molar-refractivity contribution in [2.24, 2.45) is 7.05 Å². The third-order valence-corrected chi connectivity index (χ3v) is 1.92. The lowest BCUT2D eigenvalue weighted by Crippen LogP contribution is -1.95. The highest BCUT2D eigenvalue weighted by atomic mass is 16.5. The first-order chi connectivity index (χ1) is 5.36. The first-order valence-electron chi connectivity index (χ1n) is 3.89. The molecule has 1 aromatic heterocycles. The second-order valence-electron chi connectivity index (χ2n) is 2.88. The summed E-state index contributed by atoms with van der Waals surface area (Å²) in [6.45, 7) is 0.876. The van der Waals surface area contributed by atoms with Crippen LogP contribution in [0.2, 0.25) is 0 Å². The molecule has 1 atom stereocenters. The van der Waals surface area contributed by atoms with Gasteiger partial charge in [-0.05, 0) is 12.8 Å². The Balaban J connectivity index is 2.15. The van der Waals surface area contributed by atoms with E-state index in [0.717, 1.165) is 25.1 Å². The van der Waals surface area contributed by atoms with Crippen molar-refractivity contribution >= 4 is 0 Å². The van der Waals surface area contributed by atoms with Crippen LogP contribution in [0.3, 0.4) is 0 Å². The fourth-order valence-corrected chi connectivity index (χ4v) is 1.36. The molecule has 2 rings (SSSR count). The molecule has 0 spiro atoms. The molecule has 0 aliphatic carbocycles. The first kappa shape index (κ1) is 6.85. The molecule has 59 valence electrons. The van der Waals surface area contributed by atoms with E-state index < -0.39 is 0 Å². The van der Waals surface area contributed by atoms with E-state index >= 15 is 0 Å². The summed E-state index contributed by atoms with van der Waals surface area (Å²) in [7, 11) is 1.92. The summed E-state index contributed by atoms with van der Waals surface area (Å²) in [4.78, 5) is 4.11. The van der Waals surface area contributed by atoms with E-state index in [1.165, 1.54) is 0 Å². The predicted molar refractivity (Wildman–Crippen MR) is 40.0 cm³/mol. The van der Waals surface area contributed by atoms with Crippen molar-refractivity contribution in [3.8, 4) is 0 Å². The van der Waals surface area contributed by atoms with Crippen molar-refractivity contribution in [2.45, 2.75) is 18.9 Å². The van der Waals surface area contributed by atoms with E-state index in [1.807, 2.05) is 17.8 Å². The van der Waals surface area contributed by atoms with Gasteiger partial charge in [-0.2, -0.15) is 0 Å². The Labute approximate surface area is 66.0 Å². The van der Waals surface area contributed by atoms with Crippen LogP contribution >= 0.6 is 0 Å². The Kier molecular flexibility index (Phi) is 1.66. The SMILES string of the molecule is Cn1[c]nc(C2CCCO2)c1. The maximum absolute atomic E-state index is 5.46. The minimum Gasteiger partial charge on any atom is -0.372 e. The van der Waals surface area contributed by atoms with Gasteiger partial charge in [-0.25, -0.2) is 4.98 Å². The van der Waals surface area contributed by atoms with Gasteiger partial charge in [0.15, 0.2) is 6.33 Å². The van der Waals surface area contributed by atoms with Crippen LogP contribution in [0, 0.1) is 6.33 Å². The summed E-state index contributed by atoms with van der Waals surface area (Å²) in [6, 6.07) is 0. The normalized spacial score (nSPS) is 24.3. The van der Waals surface area contributed by atoms with E-state index in [0.29, 0.717) is 0 Å². The second kappa shape index (κ2) is 2.66. The Hall–Kier alpha value is -0.830. The van der Waals surface area contributed by atoms with Gasteiger partial charge in [0, 0.05) is 19.9 Å². The molecule has 2 heterocycles. The van der Waals surface area contributed by atoms with Crippen LogP contribution in [0.15, 0.2) is 6.20 Å². The number of ether oxygens (including phenoxy) is 1. The molecule has 0 amide bonds. The zero-order valence-corrected chi connectivity index (χ0v) is 6.58. The van der Waals surface area contributed by atoms with Gasteiger partial charge in [0.2, 0.25) is 0 Å². The molecule has 1 aliphatic rings. The third-order valence-electron chi connectivity index (χ3n) is 1.92. The largest absolute Gasteiger partial charge is 0.372 e. The number of aromatic nitrogens is 2. The van der Waals surface area contributed by atoms with Gasteiger partial charge < -0.3 is 9.30 Å². The van der Waals surface area contributed by atoms with E-state index in [4.69, 9.17) is 4.74 Å². The molecular formula is C8H11N2O. The number of hydrogen-bond acceptors (Lipinski definition) is 2. The fraction of sp³-hybridized carbons (Fsp3) is 0.625. The molecule has 1 radical (unpaired) electrons. The molecule has 0 N–H and O–H groups in total. The Morgan fingerprint density at radius 3 is 3.27 bits per heavy atom. The highest BCUT2D eigenvalue weighted by molar-refractivity contribution is 5.01. The maximum Gasteiger partial charge on any atom is 0.176 e. The Morgan fingerprint density at radius 1 is 1.82 bits per heavy atom. The van der Waals surface area contributed by atoms with Gasteiger partial charge >= 0.3 is 0 Å². The molecular weight excluding hydrogens is 140 g/mol. The molecule has 0 saturated carbocycles. The van der Waals surface area contributed by atoms with Gasteiger partial charge in [-0.15, -0.1) is 0 Å². The van der Waals surface area contributed by atoms with Crippen molar-refractivity contribution in [3.63, 3.8) is 0 Å². The van der Waals surface area contributed by atoms with Crippen LogP contribution in [-0.4, -0.2) is 16.2 Å². The fourth-order valence-electron chi connectivity index (χ4n) is 1.36. The molecule has 1 unspecified atom stereocenters. The number of nitrogens with zero attached hydrogens (tertiary/aromatic N) is 2. The average Bonchev–Trinajstić information content (AvgIpc) is 2.55. The highest BCUT2D eigenvalue weighted by Crippen LogP contribution is 2.26. The average molecular weight is 151 g/mol. The molecule has 1 aliphatic heterocycles. The van der Waals surface area contributed by atoms with Crippen LogP contribution in [0.5, 0.6) is 0 Å². The molecule has 3 heteroatoms. The molecule has 0 aromatic carbocycles. The molecule has 0 bridgehead atoms. The lowest BCUT2D eigenvalue weighted by atomic mass is 10.2. The monoisotopic (exact) mass is 151 g/mol. The molecule has 3 nitrogen and oxygen atoms in total. The summed E-state index contributed by atoms with van der Waals surface area (Å²) in [6.07, 6.45) is 7.29. The highest BCUT2D eigenvalue weighted by Gasteiger charge is 2.19. The van der Waals surface area contributed by atoms with Crippen molar-refractivity contribution in [2.75, 3.05) is 6.61 Å². The summed E-state index contributed by atoms with van der Waals surface area (Å²) in [5.41, 5.74) is 1.02. The first-order valence-corrected chi connectivity index (χ1v) is 3.89. The van der Waals surface area contributed by atoms with E-state index in [-0.39, 0.29) is 6.10 Å². The topological polar surface area (TPSA) is 27.1 Å². The third kappa shape index (κ3) is 1.28. The van der Waals surface area contributed by atoms with Crippen molar-refractivity contribution < 1.29 is 4.74 Å². The second-order valence-corrected chi connectivity index (χ2v) is 2.88. The molecule has 11 heavy (non-hydrogen) atoms. The van der Waals surface area contributed by atoms with Crippen molar-refractivity contribution in [1.29, 1.82) is 0 Å². The van der Waals surface area contributed by atoms with Crippen LogP contribution in [0.1, 0.15) is 24.6 Å². The van der Waals surface area contributed by atoms with E-state index in [2.05, 4.69) is 11.3 Å².